The van der Waals surface area contributed by atoms with E-state index in [2.05, 4.69) is 23.2 Å². The van der Waals surface area contributed by atoms with Gasteiger partial charge in [0.2, 0.25) is 0 Å². The van der Waals surface area contributed by atoms with E-state index in [1.807, 2.05) is 30.5 Å². The smallest absolute Gasteiger partial charge is 0.327 e. The first-order valence-electron chi connectivity index (χ1n) is 7.11. The highest BCUT2D eigenvalue weighted by atomic mass is 16.4. The number of unbranched alkanes of at least 4 members (excludes halogenated alkanes) is 1. The summed E-state index contributed by atoms with van der Waals surface area (Å²) < 4.78 is 0. The lowest BCUT2D eigenvalue weighted by atomic mass is 9.88. The topological polar surface area (TPSA) is 50.2 Å². The minimum atomic E-state index is -0.887. The quantitative estimate of drug-likeness (QED) is 0.616. The Kier molecular flexibility index (Phi) is 5.71. The van der Waals surface area contributed by atoms with Crippen molar-refractivity contribution in [2.24, 2.45) is 0 Å². The van der Waals surface area contributed by atoms with Gasteiger partial charge in [0.25, 0.3) is 0 Å². The van der Waals surface area contributed by atoms with Crippen LogP contribution in [0.3, 0.4) is 0 Å². The molecule has 0 amide bonds. The van der Waals surface area contributed by atoms with Crippen molar-refractivity contribution in [3.63, 3.8) is 0 Å². The zero-order chi connectivity index (χ0) is 14.9. The molecule has 0 spiro atoms. The maximum Gasteiger partial charge on any atom is 0.327 e. The van der Waals surface area contributed by atoms with E-state index in [4.69, 9.17) is 5.11 Å². The maximum atomic E-state index is 10.4. The van der Waals surface area contributed by atoms with Gasteiger partial charge >= 0.3 is 5.97 Å². The van der Waals surface area contributed by atoms with Gasteiger partial charge in [0.15, 0.2) is 0 Å². The molecule has 0 aliphatic carbocycles. The highest BCUT2D eigenvalue weighted by Crippen LogP contribution is 2.29. The van der Waals surface area contributed by atoms with Gasteiger partial charge in [-0.3, -0.25) is 4.98 Å². The van der Waals surface area contributed by atoms with Crippen LogP contribution in [0.25, 0.3) is 0 Å². The predicted octanol–water partition coefficient (Wildman–Crippen LogP) is 4.02. The number of carboxylic acids is 1. The van der Waals surface area contributed by atoms with Gasteiger partial charge in [0.1, 0.15) is 0 Å². The van der Waals surface area contributed by atoms with Gasteiger partial charge in [0, 0.05) is 24.4 Å². The van der Waals surface area contributed by atoms with Crippen LogP contribution in [0.15, 0.2) is 67.0 Å². The van der Waals surface area contributed by atoms with Gasteiger partial charge < -0.3 is 5.11 Å². The van der Waals surface area contributed by atoms with Crippen molar-refractivity contribution in [2.75, 3.05) is 0 Å². The Bertz CT molecular complexity index is 539. The fourth-order valence-electron chi connectivity index (χ4n) is 2.42. The molecule has 0 saturated heterocycles. The van der Waals surface area contributed by atoms with Crippen LogP contribution in [0.4, 0.5) is 0 Å². The average Bonchev–Trinajstić information content (AvgIpc) is 2.52. The van der Waals surface area contributed by atoms with E-state index in [1.54, 1.807) is 12.3 Å². The minimum Gasteiger partial charge on any atom is -0.478 e. The summed E-state index contributed by atoms with van der Waals surface area (Å²) in [7, 11) is 0. The third kappa shape index (κ3) is 4.88. The zero-order valence-electron chi connectivity index (χ0n) is 11.9. The molecular formula is C18H19NO2. The van der Waals surface area contributed by atoms with Crippen LogP contribution in [-0.4, -0.2) is 16.1 Å². The molecular weight excluding hydrogens is 262 g/mol. The van der Waals surface area contributed by atoms with Crippen LogP contribution in [0.5, 0.6) is 0 Å². The summed E-state index contributed by atoms with van der Waals surface area (Å²) in [4.78, 5) is 14.7. The summed E-state index contributed by atoms with van der Waals surface area (Å²) in [6.45, 7) is 0. The number of benzene rings is 1. The normalized spacial score (nSPS) is 12.4. The van der Waals surface area contributed by atoms with Gasteiger partial charge in [-0.25, -0.2) is 4.79 Å². The largest absolute Gasteiger partial charge is 0.478 e. The second kappa shape index (κ2) is 8.00. The van der Waals surface area contributed by atoms with Crippen LogP contribution in [0.1, 0.15) is 36.3 Å². The number of hydrogen-bond donors (Lipinski definition) is 1. The summed E-state index contributed by atoms with van der Waals surface area (Å²) in [5.74, 6) is -0.583. The van der Waals surface area contributed by atoms with E-state index in [0.717, 1.165) is 19.3 Å². The molecule has 0 aliphatic heterocycles. The van der Waals surface area contributed by atoms with Crippen molar-refractivity contribution in [1.29, 1.82) is 0 Å². The van der Waals surface area contributed by atoms with Gasteiger partial charge in [-0.15, -0.1) is 0 Å². The Labute approximate surface area is 125 Å². The molecule has 108 valence electrons. The summed E-state index contributed by atoms with van der Waals surface area (Å²) in [6, 6.07) is 14.4. The molecule has 3 nitrogen and oxygen atoms in total. The van der Waals surface area contributed by atoms with Crippen molar-refractivity contribution in [1.82, 2.24) is 4.98 Å². The summed E-state index contributed by atoms with van der Waals surface area (Å²) in [5.41, 5.74) is 2.47. The lowest BCUT2D eigenvalue weighted by Crippen LogP contribution is -2.01. The van der Waals surface area contributed by atoms with Gasteiger partial charge in [-0.2, -0.15) is 0 Å². The summed E-state index contributed by atoms with van der Waals surface area (Å²) in [6.07, 6.45) is 9.30. The number of carbonyl (C=O) groups is 1. The number of carboxylic acid groups (broad SMARTS) is 1. The molecule has 0 fully saturated rings. The second-order valence-electron chi connectivity index (χ2n) is 4.92. The van der Waals surface area contributed by atoms with Crippen molar-refractivity contribution >= 4 is 5.97 Å². The van der Waals surface area contributed by atoms with Crippen molar-refractivity contribution in [3.05, 3.63) is 78.1 Å². The molecule has 0 radical (unpaired) electrons. The standard InChI is InChI=1S/C18H19NO2/c20-18(21)12-6-2-5-11-17(15-8-3-1-4-9-15)16-10-7-13-19-14-16/h1,3-4,6-10,12-14,17H,2,5,11H2,(H,20,21)/b12-6+. The fourth-order valence-corrected chi connectivity index (χ4v) is 2.42. The van der Waals surface area contributed by atoms with E-state index < -0.39 is 5.97 Å². The van der Waals surface area contributed by atoms with E-state index in [9.17, 15) is 4.79 Å². The second-order valence-corrected chi connectivity index (χ2v) is 4.92. The Hall–Kier alpha value is -2.42. The highest BCUT2D eigenvalue weighted by molar-refractivity contribution is 5.79. The third-order valence-electron chi connectivity index (χ3n) is 3.41. The zero-order valence-corrected chi connectivity index (χ0v) is 11.9. The summed E-state index contributed by atoms with van der Waals surface area (Å²) >= 11 is 0. The first-order chi connectivity index (χ1) is 10.3. The molecule has 1 unspecified atom stereocenters. The van der Waals surface area contributed by atoms with E-state index >= 15 is 0 Å². The van der Waals surface area contributed by atoms with Crippen LogP contribution in [0.2, 0.25) is 0 Å². The first-order valence-corrected chi connectivity index (χ1v) is 7.11. The van der Waals surface area contributed by atoms with Crippen molar-refractivity contribution in [2.45, 2.75) is 25.2 Å². The predicted molar refractivity (Wildman–Crippen MR) is 83.1 cm³/mol. The Morgan fingerprint density at radius 3 is 2.57 bits per heavy atom. The minimum absolute atomic E-state index is 0.304. The molecule has 1 atom stereocenters. The maximum absolute atomic E-state index is 10.4. The van der Waals surface area contributed by atoms with Gasteiger partial charge in [0.05, 0.1) is 0 Å². The van der Waals surface area contributed by atoms with Crippen molar-refractivity contribution in [3.8, 4) is 0 Å². The molecule has 1 aromatic heterocycles. The van der Waals surface area contributed by atoms with Crippen LogP contribution < -0.4 is 0 Å². The number of rotatable bonds is 7. The van der Waals surface area contributed by atoms with Gasteiger partial charge in [-0.1, -0.05) is 42.5 Å². The number of aromatic nitrogens is 1. The molecule has 21 heavy (non-hydrogen) atoms. The lowest BCUT2D eigenvalue weighted by Gasteiger charge is -2.17. The molecule has 1 aromatic carbocycles. The average molecular weight is 281 g/mol. The van der Waals surface area contributed by atoms with Crippen LogP contribution in [0, 0.1) is 0 Å². The number of hydrogen-bond acceptors (Lipinski definition) is 2. The highest BCUT2D eigenvalue weighted by Gasteiger charge is 2.13. The van der Waals surface area contributed by atoms with Gasteiger partial charge in [-0.05, 0) is 36.5 Å². The molecule has 3 heteroatoms. The summed E-state index contributed by atoms with van der Waals surface area (Å²) in [5, 5.41) is 8.58. The first kappa shape index (κ1) is 15.0. The number of nitrogens with zero attached hydrogens (tertiary/aromatic N) is 1. The Morgan fingerprint density at radius 1 is 1.14 bits per heavy atom. The van der Waals surface area contributed by atoms with Crippen LogP contribution in [-0.2, 0) is 4.79 Å². The number of aliphatic carboxylic acids is 1. The monoisotopic (exact) mass is 281 g/mol. The Balaban J connectivity index is 2.05. The fraction of sp³-hybridized carbons (Fsp3) is 0.222. The molecule has 0 aliphatic rings. The molecule has 0 bridgehead atoms. The molecule has 1 N–H and O–H groups in total. The lowest BCUT2D eigenvalue weighted by molar-refractivity contribution is -0.131. The molecule has 0 saturated carbocycles. The van der Waals surface area contributed by atoms with Crippen molar-refractivity contribution < 1.29 is 9.90 Å². The van der Waals surface area contributed by atoms with E-state index in [0.29, 0.717) is 5.92 Å². The number of pyridine rings is 1. The number of allylic oxidation sites excluding steroid dienone is 1. The molecule has 2 aromatic rings. The third-order valence-corrected chi connectivity index (χ3v) is 3.41. The molecule has 2 rings (SSSR count). The van der Waals surface area contributed by atoms with E-state index in [-0.39, 0.29) is 0 Å². The molecule has 1 heterocycles. The van der Waals surface area contributed by atoms with Crippen LogP contribution >= 0.6 is 0 Å². The Morgan fingerprint density at radius 2 is 1.90 bits per heavy atom. The van der Waals surface area contributed by atoms with E-state index in [1.165, 1.54) is 17.2 Å². The SMILES string of the molecule is O=C(O)/C=C/CCCC(c1ccccc1)c1cccnc1.